The number of amides is 1. The predicted molar refractivity (Wildman–Crippen MR) is 91.0 cm³/mol. The first-order valence-electron chi connectivity index (χ1n) is 7.58. The Kier molecular flexibility index (Phi) is 5.63. The second kappa shape index (κ2) is 7.68. The lowest BCUT2D eigenvalue weighted by atomic mass is 10.0. The van der Waals surface area contributed by atoms with Gasteiger partial charge in [0.25, 0.3) is 0 Å². The molecule has 4 heteroatoms. The molecule has 0 fully saturated rings. The van der Waals surface area contributed by atoms with Crippen molar-refractivity contribution in [3.63, 3.8) is 0 Å². The highest BCUT2D eigenvalue weighted by molar-refractivity contribution is 5.78. The van der Waals surface area contributed by atoms with Crippen LogP contribution in [0.25, 0.3) is 0 Å². The van der Waals surface area contributed by atoms with E-state index >= 15 is 0 Å². The van der Waals surface area contributed by atoms with Crippen molar-refractivity contribution in [2.45, 2.75) is 26.8 Å². The average molecular weight is 313 g/mol. The summed E-state index contributed by atoms with van der Waals surface area (Å²) < 4.78 is 10.4. The van der Waals surface area contributed by atoms with Crippen LogP contribution in [0.15, 0.2) is 36.4 Å². The van der Waals surface area contributed by atoms with E-state index in [2.05, 4.69) is 5.32 Å². The van der Waals surface area contributed by atoms with Crippen LogP contribution in [0.5, 0.6) is 11.5 Å². The molecule has 1 N–H and O–H groups in total. The van der Waals surface area contributed by atoms with E-state index in [1.54, 1.807) is 14.2 Å². The van der Waals surface area contributed by atoms with Gasteiger partial charge in [0.1, 0.15) is 11.5 Å². The minimum atomic E-state index is 0.00281. The Labute approximate surface area is 137 Å². The summed E-state index contributed by atoms with van der Waals surface area (Å²) in [5.74, 6) is 1.66. The summed E-state index contributed by atoms with van der Waals surface area (Å²) in [5.41, 5.74) is 4.32. The SMILES string of the molecule is COc1ccc(CC(=O)NCc2ccc(OC)c(C)c2C)cc1. The monoisotopic (exact) mass is 313 g/mol. The second-order valence-corrected chi connectivity index (χ2v) is 5.48. The zero-order chi connectivity index (χ0) is 16.8. The molecule has 0 aliphatic heterocycles. The molecule has 4 nitrogen and oxygen atoms in total. The van der Waals surface area contributed by atoms with Crippen LogP contribution < -0.4 is 14.8 Å². The molecule has 0 radical (unpaired) electrons. The number of ether oxygens (including phenoxy) is 2. The summed E-state index contributed by atoms with van der Waals surface area (Å²) in [6.45, 7) is 4.59. The van der Waals surface area contributed by atoms with Crippen LogP contribution in [0.3, 0.4) is 0 Å². The maximum atomic E-state index is 12.1. The molecule has 2 aromatic carbocycles. The van der Waals surface area contributed by atoms with Gasteiger partial charge in [-0.15, -0.1) is 0 Å². The van der Waals surface area contributed by atoms with Crippen molar-refractivity contribution in [1.82, 2.24) is 5.32 Å². The molecule has 0 saturated heterocycles. The summed E-state index contributed by atoms with van der Waals surface area (Å²) in [4.78, 5) is 12.1. The number of carbonyl (C=O) groups is 1. The molecule has 0 aliphatic carbocycles. The van der Waals surface area contributed by atoms with Crippen molar-refractivity contribution in [3.05, 3.63) is 58.7 Å². The number of benzene rings is 2. The molecule has 0 spiro atoms. The lowest BCUT2D eigenvalue weighted by molar-refractivity contribution is -0.120. The molecule has 2 rings (SSSR count). The maximum Gasteiger partial charge on any atom is 0.224 e. The molecule has 0 unspecified atom stereocenters. The number of hydrogen-bond donors (Lipinski definition) is 1. The average Bonchev–Trinajstić information content (AvgIpc) is 2.57. The molecule has 122 valence electrons. The van der Waals surface area contributed by atoms with Gasteiger partial charge < -0.3 is 14.8 Å². The van der Waals surface area contributed by atoms with Gasteiger partial charge in [-0.05, 0) is 54.3 Å². The summed E-state index contributed by atoms with van der Waals surface area (Å²) >= 11 is 0. The first-order chi connectivity index (χ1) is 11.0. The molecule has 0 atom stereocenters. The van der Waals surface area contributed by atoms with Gasteiger partial charge >= 0.3 is 0 Å². The van der Waals surface area contributed by atoms with Crippen molar-refractivity contribution >= 4 is 5.91 Å². The van der Waals surface area contributed by atoms with Gasteiger partial charge in [-0.3, -0.25) is 4.79 Å². The van der Waals surface area contributed by atoms with Crippen LogP contribution in [0, 0.1) is 13.8 Å². The molecule has 0 heterocycles. The maximum absolute atomic E-state index is 12.1. The van der Waals surface area contributed by atoms with Crippen molar-refractivity contribution in [2.24, 2.45) is 0 Å². The third-order valence-electron chi connectivity index (χ3n) is 4.07. The Hall–Kier alpha value is -2.49. The molecular weight excluding hydrogens is 290 g/mol. The highest BCUT2D eigenvalue weighted by Crippen LogP contribution is 2.23. The van der Waals surface area contributed by atoms with Gasteiger partial charge in [0, 0.05) is 6.54 Å². The van der Waals surface area contributed by atoms with E-state index in [-0.39, 0.29) is 5.91 Å². The van der Waals surface area contributed by atoms with Crippen molar-refractivity contribution in [1.29, 1.82) is 0 Å². The molecular formula is C19H23NO3. The predicted octanol–water partition coefficient (Wildman–Crippen LogP) is 3.18. The third kappa shape index (κ3) is 4.25. The van der Waals surface area contributed by atoms with Crippen LogP contribution in [-0.4, -0.2) is 20.1 Å². The number of rotatable bonds is 6. The molecule has 0 saturated carbocycles. The van der Waals surface area contributed by atoms with E-state index in [9.17, 15) is 4.79 Å². The zero-order valence-electron chi connectivity index (χ0n) is 14.1. The van der Waals surface area contributed by atoms with E-state index in [4.69, 9.17) is 9.47 Å². The van der Waals surface area contributed by atoms with Crippen LogP contribution in [-0.2, 0) is 17.8 Å². The molecule has 1 amide bonds. The van der Waals surface area contributed by atoms with E-state index < -0.39 is 0 Å². The van der Waals surface area contributed by atoms with Crippen LogP contribution >= 0.6 is 0 Å². The standard InChI is InChI=1S/C19H23NO3/c1-13-14(2)18(23-4)10-7-16(13)12-20-19(21)11-15-5-8-17(22-3)9-6-15/h5-10H,11-12H2,1-4H3,(H,20,21). The number of carbonyl (C=O) groups excluding carboxylic acids is 1. The van der Waals surface area contributed by atoms with E-state index in [1.807, 2.05) is 50.2 Å². The Morgan fingerprint density at radius 2 is 1.65 bits per heavy atom. The molecule has 0 aromatic heterocycles. The van der Waals surface area contributed by atoms with Crippen LogP contribution in [0.1, 0.15) is 22.3 Å². The first kappa shape index (κ1) is 16.9. The summed E-state index contributed by atoms with van der Waals surface area (Å²) in [5, 5.41) is 2.97. The fourth-order valence-electron chi connectivity index (χ4n) is 2.45. The third-order valence-corrected chi connectivity index (χ3v) is 4.07. The van der Waals surface area contributed by atoms with Gasteiger partial charge in [0.2, 0.25) is 5.91 Å². The minimum absolute atomic E-state index is 0.00281. The molecule has 23 heavy (non-hydrogen) atoms. The lowest BCUT2D eigenvalue weighted by Crippen LogP contribution is -2.25. The Bertz CT molecular complexity index is 678. The molecule has 0 bridgehead atoms. The highest BCUT2D eigenvalue weighted by Gasteiger charge is 2.08. The molecule has 2 aromatic rings. The summed E-state index contributed by atoms with van der Waals surface area (Å²) in [6, 6.07) is 11.5. The fraction of sp³-hybridized carbons (Fsp3) is 0.316. The van der Waals surface area contributed by atoms with E-state index in [0.29, 0.717) is 13.0 Å². The zero-order valence-corrected chi connectivity index (χ0v) is 14.1. The summed E-state index contributed by atoms with van der Waals surface area (Å²) in [7, 11) is 3.29. The van der Waals surface area contributed by atoms with Gasteiger partial charge in [-0.2, -0.15) is 0 Å². The number of methoxy groups -OCH3 is 2. The highest BCUT2D eigenvalue weighted by atomic mass is 16.5. The fourth-order valence-corrected chi connectivity index (χ4v) is 2.45. The van der Waals surface area contributed by atoms with Gasteiger partial charge in [0.05, 0.1) is 20.6 Å². The quantitative estimate of drug-likeness (QED) is 0.891. The van der Waals surface area contributed by atoms with Crippen LogP contribution in [0.2, 0.25) is 0 Å². The van der Waals surface area contributed by atoms with E-state index in [0.717, 1.165) is 33.8 Å². The second-order valence-electron chi connectivity index (χ2n) is 5.48. The largest absolute Gasteiger partial charge is 0.497 e. The number of nitrogens with one attached hydrogen (secondary N) is 1. The Morgan fingerprint density at radius 3 is 2.26 bits per heavy atom. The molecule has 0 aliphatic rings. The van der Waals surface area contributed by atoms with Gasteiger partial charge in [0.15, 0.2) is 0 Å². The summed E-state index contributed by atoms with van der Waals surface area (Å²) in [6.07, 6.45) is 0.359. The van der Waals surface area contributed by atoms with Crippen LogP contribution in [0.4, 0.5) is 0 Å². The van der Waals surface area contributed by atoms with Crippen molar-refractivity contribution < 1.29 is 14.3 Å². The van der Waals surface area contributed by atoms with Gasteiger partial charge in [-0.25, -0.2) is 0 Å². The van der Waals surface area contributed by atoms with Crippen molar-refractivity contribution in [2.75, 3.05) is 14.2 Å². The topological polar surface area (TPSA) is 47.6 Å². The van der Waals surface area contributed by atoms with Gasteiger partial charge in [-0.1, -0.05) is 18.2 Å². The first-order valence-corrected chi connectivity index (χ1v) is 7.58. The Morgan fingerprint density at radius 1 is 0.957 bits per heavy atom. The normalized spacial score (nSPS) is 10.3. The smallest absolute Gasteiger partial charge is 0.224 e. The minimum Gasteiger partial charge on any atom is -0.497 e. The van der Waals surface area contributed by atoms with Crippen molar-refractivity contribution in [3.8, 4) is 11.5 Å². The Balaban J connectivity index is 1.95. The lowest BCUT2D eigenvalue weighted by Gasteiger charge is -2.13. The van der Waals surface area contributed by atoms with E-state index in [1.165, 1.54) is 0 Å². The number of hydrogen-bond acceptors (Lipinski definition) is 3.